The second kappa shape index (κ2) is 6.65. The molecule has 2 aromatic heterocycles. The molecule has 0 saturated carbocycles. The highest BCUT2D eigenvalue weighted by Gasteiger charge is 2.19. The van der Waals surface area contributed by atoms with Crippen molar-refractivity contribution >= 4 is 11.0 Å². The molecule has 0 N–H and O–H groups in total. The molecule has 0 saturated heterocycles. The number of benzene rings is 2. The molecule has 0 radical (unpaired) electrons. The molecule has 2 aromatic carbocycles. The van der Waals surface area contributed by atoms with Crippen LogP contribution < -0.4 is 0 Å². The van der Waals surface area contributed by atoms with E-state index in [0.717, 1.165) is 22.4 Å². The van der Waals surface area contributed by atoms with Crippen molar-refractivity contribution in [1.82, 2.24) is 24.3 Å². The quantitative estimate of drug-likeness (QED) is 0.511. The van der Waals surface area contributed by atoms with Gasteiger partial charge in [-0.05, 0) is 41.2 Å². The third-order valence-electron chi connectivity index (χ3n) is 5.11. The van der Waals surface area contributed by atoms with E-state index in [4.69, 9.17) is 0 Å². The van der Waals surface area contributed by atoms with Gasteiger partial charge in [0, 0.05) is 12.6 Å². The summed E-state index contributed by atoms with van der Waals surface area (Å²) < 4.78 is 4.16. The van der Waals surface area contributed by atoms with Crippen molar-refractivity contribution in [2.45, 2.75) is 39.5 Å². The van der Waals surface area contributed by atoms with Crippen LogP contribution in [0.4, 0.5) is 0 Å². The molecule has 0 aliphatic heterocycles. The van der Waals surface area contributed by atoms with Crippen LogP contribution in [-0.2, 0) is 7.05 Å². The number of para-hydroxylation sites is 1. The standard InChI is InChI=1S/C22H25N5/c1-14(2)17-7-6-8-18(15(3)4)21(17)27-13-24-25-22(27)16-9-10-20-19(11-16)23-12-26(20)5/h6-15H,1-5H3. The maximum atomic E-state index is 4.49. The topological polar surface area (TPSA) is 48.5 Å². The van der Waals surface area contributed by atoms with Gasteiger partial charge in [-0.15, -0.1) is 10.2 Å². The number of hydrogen-bond acceptors (Lipinski definition) is 3. The Labute approximate surface area is 159 Å². The smallest absolute Gasteiger partial charge is 0.168 e. The zero-order valence-corrected chi connectivity index (χ0v) is 16.5. The monoisotopic (exact) mass is 359 g/mol. The van der Waals surface area contributed by atoms with Gasteiger partial charge in [0.1, 0.15) is 6.33 Å². The predicted octanol–water partition coefficient (Wildman–Crippen LogP) is 5.07. The van der Waals surface area contributed by atoms with E-state index in [-0.39, 0.29) is 0 Å². The first kappa shape index (κ1) is 17.5. The summed E-state index contributed by atoms with van der Waals surface area (Å²) in [6.07, 6.45) is 3.66. The minimum Gasteiger partial charge on any atom is -0.334 e. The van der Waals surface area contributed by atoms with Crippen LogP contribution in [0.25, 0.3) is 28.1 Å². The van der Waals surface area contributed by atoms with Crippen LogP contribution >= 0.6 is 0 Å². The zero-order chi connectivity index (χ0) is 19.1. The van der Waals surface area contributed by atoms with E-state index in [0.29, 0.717) is 11.8 Å². The molecule has 5 heteroatoms. The van der Waals surface area contributed by atoms with Crippen LogP contribution in [0.2, 0.25) is 0 Å². The Morgan fingerprint density at radius 2 is 1.59 bits per heavy atom. The van der Waals surface area contributed by atoms with Crippen molar-refractivity contribution in [3.05, 3.63) is 60.2 Å². The fourth-order valence-corrected chi connectivity index (χ4v) is 3.66. The molecule has 27 heavy (non-hydrogen) atoms. The fourth-order valence-electron chi connectivity index (χ4n) is 3.66. The zero-order valence-electron chi connectivity index (χ0n) is 16.5. The Hall–Kier alpha value is -2.95. The van der Waals surface area contributed by atoms with Gasteiger partial charge in [-0.25, -0.2) is 4.98 Å². The Kier molecular flexibility index (Phi) is 4.30. The van der Waals surface area contributed by atoms with Gasteiger partial charge in [0.25, 0.3) is 0 Å². The van der Waals surface area contributed by atoms with E-state index in [1.165, 1.54) is 16.8 Å². The van der Waals surface area contributed by atoms with E-state index in [1.54, 1.807) is 0 Å². The first-order chi connectivity index (χ1) is 13.0. The summed E-state index contributed by atoms with van der Waals surface area (Å²) in [5.74, 6) is 1.66. The maximum Gasteiger partial charge on any atom is 0.168 e. The van der Waals surface area contributed by atoms with Crippen LogP contribution in [0.3, 0.4) is 0 Å². The minimum atomic E-state index is 0.409. The lowest BCUT2D eigenvalue weighted by Crippen LogP contribution is -2.07. The number of aromatic nitrogens is 5. The lowest BCUT2D eigenvalue weighted by molar-refractivity contribution is 0.806. The summed E-state index contributed by atoms with van der Waals surface area (Å²) in [7, 11) is 2.01. The molecule has 4 aromatic rings. The highest BCUT2D eigenvalue weighted by atomic mass is 15.3. The first-order valence-corrected chi connectivity index (χ1v) is 9.42. The number of fused-ring (bicyclic) bond motifs is 1. The number of hydrogen-bond donors (Lipinski definition) is 0. The van der Waals surface area contributed by atoms with Crippen molar-refractivity contribution < 1.29 is 0 Å². The van der Waals surface area contributed by atoms with Crippen LogP contribution in [0.5, 0.6) is 0 Å². The van der Waals surface area contributed by atoms with Gasteiger partial charge in [-0.3, -0.25) is 4.57 Å². The van der Waals surface area contributed by atoms with Gasteiger partial charge in [0.2, 0.25) is 0 Å². The van der Waals surface area contributed by atoms with Crippen LogP contribution in [0, 0.1) is 0 Å². The van der Waals surface area contributed by atoms with E-state index in [1.807, 2.05) is 24.3 Å². The van der Waals surface area contributed by atoms with Gasteiger partial charge in [-0.1, -0.05) is 45.9 Å². The van der Waals surface area contributed by atoms with Crippen molar-refractivity contribution in [1.29, 1.82) is 0 Å². The van der Waals surface area contributed by atoms with Crippen molar-refractivity contribution in [3.8, 4) is 17.1 Å². The molecule has 0 aliphatic rings. The normalized spacial score (nSPS) is 11.8. The number of aryl methyl sites for hydroxylation is 1. The molecule has 138 valence electrons. The number of imidazole rings is 1. The Morgan fingerprint density at radius 3 is 2.26 bits per heavy atom. The lowest BCUT2D eigenvalue weighted by atomic mass is 9.92. The van der Waals surface area contributed by atoms with Crippen molar-refractivity contribution in [3.63, 3.8) is 0 Å². The van der Waals surface area contributed by atoms with E-state index >= 15 is 0 Å². The first-order valence-electron chi connectivity index (χ1n) is 9.42. The average Bonchev–Trinajstić information content (AvgIpc) is 3.27. The van der Waals surface area contributed by atoms with Gasteiger partial charge in [0.15, 0.2) is 5.82 Å². The molecule has 0 unspecified atom stereocenters. The molecule has 2 heterocycles. The summed E-state index contributed by atoms with van der Waals surface area (Å²) in [6.45, 7) is 8.92. The molecule has 0 fully saturated rings. The predicted molar refractivity (Wildman–Crippen MR) is 109 cm³/mol. The summed E-state index contributed by atoms with van der Waals surface area (Å²) >= 11 is 0. The van der Waals surface area contributed by atoms with Gasteiger partial charge < -0.3 is 4.57 Å². The second-order valence-electron chi connectivity index (χ2n) is 7.68. The SMILES string of the molecule is CC(C)c1cccc(C(C)C)c1-n1cnnc1-c1ccc2c(c1)ncn2C. The van der Waals surface area contributed by atoms with E-state index in [2.05, 4.69) is 83.8 Å². The molecule has 0 spiro atoms. The Morgan fingerprint density at radius 1 is 0.889 bits per heavy atom. The lowest BCUT2D eigenvalue weighted by Gasteiger charge is -2.21. The molecule has 4 rings (SSSR count). The summed E-state index contributed by atoms with van der Waals surface area (Å²) in [5.41, 5.74) is 6.90. The molecular weight excluding hydrogens is 334 g/mol. The third kappa shape index (κ3) is 2.93. The van der Waals surface area contributed by atoms with Gasteiger partial charge in [0.05, 0.1) is 23.0 Å². The molecule has 5 nitrogen and oxygen atoms in total. The average molecular weight is 359 g/mol. The maximum absolute atomic E-state index is 4.49. The highest BCUT2D eigenvalue weighted by Crippen LogP contribution is 2.33. The van der Waals surface area contributed by atoms with Crippen molar-refractivity contribution in [2.24, 2.45) is 7.05 Å². The largest absolute Gasteiger partial charge is 0.334 e. The highest BCUT2D eigenvalue weighted by molar-refractivity contribution is 5.81. The number of nitrogens with zero attached hydrogens (tertiary/aromatic N) is 5. The minimum absolute atomic E-state index is 0.409. The molecule has 0 atom stereocenters. The molecule has 0 aliphatic carbocycles. The second-order valence-corrected chi connectivity index (χ2v) is 7.68. The van der Waals surface area contributed by atoms with Gasteiger partial charge in [-0.2, -0.15) is 0 Å². The summed E-state index contributed by atoms with van der Waals surface area (Å²) in [5, 5.41) is 8.70. The van der Waals surface area contributed by atoms with E-state index < -0.39 is 0 Å². The fraction of sp³-hybridized carbons (Fsp3) is 0.318. The Balaban J connectivity index is 1.94. The van der Waals surface area contributed by atoms with E-state index in [9.17, 15) is 0 Å². The van der Waals surface area contributed by atoms with Crippen LogP contribution in [-0.4, -0.2) is 24.3 Å². The molecular formula is C22H25N5. The third-order valence-corrected chi connectivity index (χ3v) is 5.11. The molecule has 0 amide bonds. The van der Waals surface area contributed by atoms with Crippen molar-refractivity contribution in [2.75, 3.05) is 0 Å². The Bertz CT molecular complexity index is 1070. The number of rotatable bonds is 4. The summed E-state index contributed by atoms with van der Waals surface area (Å²) in [4.78, 5) is 4.49. The van der Waals surface area contributed by atoms with Crippen LogP contribution in [0.1, 0.15) is 50.7 Å². The van der Waals surface area contributed by atoms with Gasteiger partial charge >= 0.3 is 0 Å². The van der Waals surface area contributed by atoms with Crippen LogP contribution in [0.15, 0.2) is 49.1 Å². The summed E-state index contributed by atoms with van der Waals surface area (Å²) in [6, 6.07) is 12.8. The molecule has 0 bridgehead atoms.